The van der Waals surface area contributed by atoms with Gasteiger partial charge in [-0.1, -0.05) is 0 Å². The first kappa shape index (κ1) is 16.6. The van der Waals surface area contributed by atoms with Gasteiger partial charge in [0, 0.05) is 11.6 Å². The van der Waals surface area contributed by atoms with Crippen molar-refractivity contribution in [3.8, 4) is 5.88 Å². The van der Waals surface area contributed by atoms with Crippen LogP contribution in [0.1, 0.15) is 10.4 Å². The van der Waals surface area contributed by atoms with E-state index in [-0.39, 0.29) is 5.62 Å². The molecular weight excluding hydrogens is 353 g/mol. The lowest BCUT2D eigenvalue weighted by Gasteiger charge is -2.04. The van der Waals surface area contributed by atoms with Crippen molar-refractivity contribution >= 4 is 16.9 Å². The Kier molecular flexibility index (Phi) is 4.44. The van der Waals surface area contributed by atoms with Crippen LogP contribution in [0.5, 0.6) is 5.88 Å². The van der Waals surface area contributed by atoms with E-state index in [0.717, 1.165) is 0 Å². The maximum Gasteiger partial charge on any atom is 0.280 e. The quantitative estimate of drug-likeness (QED) is 0.554. The van der Waals surface area contributed by atoms with Gasteiger partial charge < -0.3 is 14.7 Å². The summed E-state index contributed by atoms with van der Waals surface area (Å²) in [6.45, 7) is 0.926. The van der Waals surface area contributed by atoms with E-state index in [0.29, 0.717) is 35.6 Å². The Morgan fingerprint density at radius 2 is 2.04 bits per heavy atom. The summed E-state index contributed by atoms with van der Waals surface area (Å²) in [5.74, 6) is -0.476. The summed E-state index contributed by atoms with van der Waals surface area (Å²) in [4.78, 5) is 30.1. The molecule has 0 radical (unpaired) electrons. The van der Waals surface area contributed by atoms with Crippen molar-refractivity contribution in [3.05, 3.63) is 66.2 Å². The van der Waals surface area contributed by atoms with Crippen molar-refractivity contribution in [1.82, 2.24) is 29.7 Å². The summed E-state index contributed by atoms with van der Waals surface area (Å²) in [5, 5.41) is 3.99. The van der Waals surface area contributed by atoms with Crippen molar-refractivity contribution in [2.24, 2.45) is 4.99 Å². The van der Waals surface area contributed by atoms with Crippen LogP contribution >= 0.6 is 0 Å². The zero-order chi connectivity index (χ0) is 18.6. The minimum Gasteiger partial charge on any atom is -0.476 e. The van der Waals surface area contributed by atoms with Gasteiger partial charge in [-0.3, -0.25) is 4.79 Å². The summed E-state index contributed by atoms with van der Waals surface area (Å²) >= 11 is 0. The fourth-order valence-electron chi connectivity index (χ4n) is 2.41. The largest absolute Gasteiger partial charge is 0.476 e. The maximum atomic E-state index is 12.9. The molecular formula is C17H14FN7O2. The Labute approximate surface area is 151 Å². The number of aromatic amines is 2. The Morgan fingerprint density at radius 3 is 2.81 bits per heavy atom. The van der Waals surface area contributed by atoms with Crippen molar-refractivity contribution in [2.75, 3.05) is 6.61 Å². The number of aromatic nitrogens is 6. The number of fused-ring (bicyclic) bond motifs is 1. The number of halogens is 1. The number of nitrogens with zero attached hydrogens (tertiary/aromatic N) is 5. The minimum absolute atomic E-state index is 0.265. The first-order valence-corrected chi connectivity index (χ1v) is 8.05. The second-order valence-electron chi connectivity index (χ2n) is 5.60. The van der Waals surface area contributed by atoms with Crippen LogP contribution in [0.4, 0.5) is 4.39 Å². The predicted molar refractivity (Wildman–Crippen MR) is 92.3 cm³/mol. The number of benzene rings is 1. The Morgan fingerprint density at radius 1 is 1.22 bits per heavy atom. The summed E-state index contributed by atoms with van der Waals surface area (Å²) < 4.78 is 20.2. The van der Waals surface area contributed by atoms with Crippen molar-refractivity contribution in [2.45, 2.75) is 6.54 Å². The topological polar surface area (TPSA) is 114 Å². The maximum absolute atomic E-state index is 12.9. The second-order valence-corrected chi connectivity index (χ2v) is 5.60. The average Bonchev–Trinajstić information content (AvgIpc) is 3.31. The van der Waals surface area contributed by atoms with Gasteiger partial charge in [0.2, 0.25) is 11.5 Å². The van der Waals surface area contributed by atoms with Gasteiger partial charge in [0.25, 0.3) is 5.91 Å². The number of pyridine rings is 1. The molecule has 136 valence electrons. The molecule has 0 aliphatic rings. The van der Waals surface area contributed by atoms with E-state index in [1.807, 2.05) is 0 Å². The van der Waals surface area contributed by atoms with Gasteiger partial charge in [-0.2, -0.15) is 10.1 Å². The highest BCUT2D eigenvalue weighted by Crippen LogP contribution is 2.13. The molecule has 0 unspecified atom stereocenters. The molecule has 0 spiro atoms. The number of amides is 1. The van der Waals surface area contributed by atoms with Gasteiger partial charge in [-0.25, -0.2) is 19.0 Å². The zero-order valence-electron chi connectivity index (χ0n) is 14.0. The van der Waals surface area contributed by atoms with Crippen molar-refractivity contribution in [3.63, 3.8) is 0 Å². The summed E-state index contributed by atoms with van der Waals surface area (Å²) in [7, 11) is 0. The summed E-state index contributed by atoms with van der Waals surface area (Å²) in [5.41, 5.74) is 1.91. The molecule has 9 nitrogen and oxygen atoms in total. The van der Waals surface area contributed by atoms with Gasteiger partial charge in [-0.15, -0.1) is 0 Å². The predicted octanol–water partition coefficient (Wildman–Crippen LogP) is 1.44. The molecule has 10 heteroatoms. The van der Waals surface area contributed by atoms with E-state index < -0.39 is 11.7 Å². The van der Waals surface area contributed by atoms with Gasteiger partial charge in [-0.05, 0) is 24.3 Å². The number of imidazole rings is 1. The number of carbonyl (C=O) groups is 1. The summed E-state index contributed by atoms with van der Waals surface area (Å²) in [6.07, 6.45) is 4.64. The second kappa shape index (κ2) is 7.20. The molecule has 0 atom stereocenters. The van der Waals surface area contributed by atoms with Crippen LogP contribution < -0.4 is 10.4 Å². The van der Waals surface area contributed by atoms with Crippen LogP contribution in [0.3, 0.4) is 0 Å². The molecule has 2 N–H and O–H groups in total. The Bertz CT molecular complexity index is 1130. The number of carbonyl (C=O) groups excluding carboxylic acids is 1. The third-order valence-electron chi connectivity index (χ3n) is 3.73. The molecule has 0 saturated heterocycles. The number of rotatable bonds is 5. The zero-order valence-corrected chi connectivity index (χ0v) is 14.0. The molecule has 1 amide bonds. The molecule has 4 rings (SSSR count). The number of ether oxygens (including phenoxy) is 1. The average molecular weight is 367 g/mol. The van der Waals surface area contributed by atoms with Crippen molar-refractivity contribution < 1.29 is 13.9 Å². The van der Waals surface area contributed by atoms with E-state index in [1.165, 1.54) is 30.6 Å². The molecule has 0 fully saturated rings. The van der Waals surface area contributed by atoms with E-state index in [4.69, 9.17) is 4.74 Å². The third kappa shape index (κ3) is 3.89. The van der Waals surface area contributed by atoms with Crippen LogP contribution in [0.25, 0.3) is 11.0 Å². The SMILES string of the molecule is O=C(/N=c1\[nH]c2cnc(OCCn3cncn3)cc2[nH]1)c1ccc(F)cc1. The van der Waals surface area contributed by atoms with Gasteiger partial charge >= 0.3 is 0 Å². The molecule has 3 aromatic heterocycles. The minimum atomic E-state index is -0.491. The normalized spacial score (nSPS) is 11.8. The highest BCUT2D eigenvalue weighted by molar-refractivity contribution is 5.94. The lowest BCUT2D eigenvalue weighted by Crippen LogP contribution is -2.10. The van der Waals surface area contributed by atoms with Crippen LogP contribution in [0, 0.1) is 5.82 Å². The number of hydrogen-bond acceptors (Lipinski definition) is 5. The fraction of sp³-hybridized carbons (Fsp3) is 0.118. The Hall–Kier alpha value is -3.82. The molecule has 3 heterocycles. The monoisotopic (exact) mass is 367 g/mol. The molecule has 1 aromatic carbocycles. The van der Waals surface area contributed by atoms with E-state index in [2.05, 4.69) is 30.0 Å². The van der Waals surface area contributed by atoms with Crippen LogP contribution in [-0.2, 0) is 6.54 Å². The molecule has 0 saturated carbocycles. The molecule has 0 bridgehead atoms. The molecule has 0 aliphatic carbocycles. The number of hydrogen-bond donors (Lipinski definition) is 2. The van der Waals surface area contributed by atoms with Crippen molar-refractivity contribution in [1.29, 1.82) is 0 Å². The molecule has 0 aliphatic heterocycles. The van der Waals surface area contributed by atoms with E-state index >= 15 is 0 Å². The van der Waals surface area contributed by atoms with Crippen LogP contribution in [0.15, 0.2) is 54.2 Å². The van der Waals surface area contributed by atoms with Crippen LogP contribution in [-0.4, -0.2) is 42.2 Å². The number of H-pyrrole nitrogens is 2. The number of nitrogens with one attached hydrogen (secondary N) is 2. The third-order valence-corrected chi connectivity index (χ3v) is 3.73. The smallest absolute Gasteiger partial charge is 0.280 e. The fourth-order valence-corrected chi connectivity index (χ4v) is 2.41. The van der Waals surface area contributed by atoms with Gasteiger partial charge in [0.15, 0.2) is 0 Å². The highest BCUT2D eigenvalue weighted by Gasteiger charge is 2.06. The van der Waals surface area contributed by atoms with Gasteiger partial charge in [0.05, 0.1) is 23.8 Å². The van der Waals surface area contributed by atoms with Gasteiger partial charge in [0.1, 0.15) is 25.1 Å². The van der Waals surface area contributed by atoms with E-state index in [1.54, 1.807) is 23.3 Å². The Balaban J connectivity index is 1.50. The summed E-state index contributed by atoms with van der Waals surface area (Å²) in [6, 6.07) is 6.89. The molecule has 4 aromatic rings. The lowest BCUT2D eigenvalue weighted by atomic mass is 10.2. The highest BCUT2D eigenvalue weighted by atomic mass is 19.1. The first-order chi connectivity index (χ1) is 13.2. The molecule has 27 heavy (non-hydrogen) atoms. The first-order valence-electron chi connectivity index (χ1n) is 8.05. The van der Waals surface area contributed by atoms with E-state index in [9.17, 15) is 9.18 Å². The lowest BCUT2D eigenvalue weighted by molar-refractivity contribution is 0.0997. The standard InChI is InChI=1S/C17H14FN7O2/c18-12-3-1-11(2-4-12)16(26)24-17-22-13-7-15(20-8-14(13)23-17)27-6-5-25-10-19-9-21-25/h1-4,7-10H,5-6H2,(H2,22,23,24,26). The van der Waals surface area contributed by atoms with Crippen LogP contribution in [0.2, 0.25) is 0 Å².